The normalized spacial score (nSPS) is 11.0. The average Bonchev–Trinajstić information content (AvgIpc) is 2.87. The summed E-state index contributed by atoms with van der Waals surface area (Å²) in [5.41, 5.74) is 0.254. The van der Waals surface area contributed by atoms with Crippen molar-refractivity contribution < 1.29 is 18.3 Å². The number of rotatable bonds is 7. The molecular formula is C15H16F2N2O2. The van der Waals surface area contributed by atoms with Gasteiger partial charge in [0.1, 0.15) is 23.5 Å². The molecule has 1 aromatic heterocycles. The van der Waals surface area contributed by atoms with Crippen LogP contribution in [-0.2, 0) is 6.54 Å². The highest BCUT2D eigenvalue weighted by Gasteiger charge is 2.17. The summed E-state index contributed by atoms with van der Waals surface area (Å²) in [4.78, 5) is 5.98. The summed E-state index contributed by atoms with van der Waals surface area (Å²) >= 11 is 0. The molecule has 4 nitrogen and oxygen atoms in total. The van der Waals surface area contributed by atoms with Gasteiger partial charge in [0.05, 0.1) is 12.3 Å². The van der Waals surface area contributed by atoms with Crippen molar-refractivity contribution in [1.29, 1.82) is 0 Å². The van der Waals surface area contributed by atoms with Gasteiger partial charge in [0.25, 0.3) is 0 Å². The number of halogens is 2. The minimum atomic E-state index is -0.721. The zero-order valence-corrected chi connectivity index (χ0v) is 11.4. The Bertz CT molecular complexity index is 593. The fourth-order valence-electron chi connectivity index (χ4n) is 1.98. The van der Waals surface area contributed by atoms with Crippen LogP contribution < -0.4 is 0 Å². The van der Waals surface area contributed by atoms with Crippen molar-refractivity contribution in [3.63, 3.8) is 0 Å². The van der Waals surface area contributed by atoms with Gasteiger partial charge in [-0.3, -0.25) is 4.90 Å². The van der Waals surface area contributed by atoms with Gasteiger partial charge in [0, 0.05) is 19.6 Å². The van der Waals surface area contributed by atoms with E-state index < -0.39 is 11.6 Å². The number of aromatic nitrogens is 1. The molecule has 0 aliphatic heterocycles. The van der Waals surface area contributed by atoms with E-state index in [4.69, 9.17) is 9.52 Å². The largest absolute Gasteiger partial charge is 0.444 e. The Morgan fingerprint density at radius 1 is 1.33 bits per heavy atom. The minimum absolute atomic E-state index is 0.000486. The van der Waals surface area contributed by atoms with Gasteiger partial charge < -0.3 is 9.52 Å². The first-order chi connectivity index (χ1) is 10.2. The topological polar surface area (TPSA) is 49.5 Å². The number of hydrogen-bond donors (Lipinski definition) is 1. The third-order valence-electron chi connectivity index (χ3n) is 2.92. The first-order valence-corrected chi connectivity index (χ1v) is 6.48. The fraction of sp³-hybridized carbons (Fsp3) is 0.267. The van der Waals surface area contributed by atoms with Gasteiger partial charge in [-0.15, -0.1) is 6.58 Å². The average molecular weight is 294 g/mol. The Labute approximate surface area is 121 Å². The molecule has 0 saturated carbocycles. The Morgan fingerprint density at radius 3 is 2.67 bits per heavy atom. The minimum Gasteiger partial charge on any atom is -0.444 e. The lowest BCUT2D eigenvalue weighted by Gasteiger charge is -2.17. The van der Waals surface area contributed by atoms with Crippen molar-refractivity contribution in [3.8, 4) is 11.5 Å². The molecule has 1 N–H and O–H groups in total. The van der Waals surface area contributed by atoms with E-state index in [1.807, 2.05) is 4.90 Å². The highest BCUT2D eigenvalue weighted by molar-refractivity contribution is 5.55. The molecule has 0 fully saturated rings. The van der Waals surface area contributed by atoms with Crippen LogP contribution in [0.4, 0.5) is 8.78 Å². The fourth-order valence-corrected chi connectivity index (χ4v) is 1.98. The van der Waals surface area contributed by atoms with E-state index in [1.54, 1.807) is 6.08 Å². The van der Waals surface area contributed by atoms with Crippen molar-refractivity contribution in [3.05, 3.63) is 54.4 Å². The lowest BCUT2D eigenvalue weighted by atomic mass is 10.2. The van der Waals surface area contributed by atoms with Crippen molar-refractivity contribution >= 4 is 0 Å². The molecule has 2 aromatic rings. The first kappa shape index (κ1) is 15.3. The predicted molar refractivity (Wildman–Crippen MR) is 74.4 cm³/mol. The second kappa shape index (κ2) is 7.10. The Balaban J connectivity index is 2.19. The molecule has 6 heteroatoms. The number of aliphatic hydroxyl groups is 1. The smallest absolute Gasteiger partial charge is 0.232 e. The van der Waals surface area contributed by atoms with Crippen molar-refractivity contribution in [2.45, 2.75) is 6.54 Å². The highest BCUT2D eigenvalue weighted by atomic mass is 19.1. The highest BCUT2D eigenvalue weighted by Crippen LogP contribution is 2.25. The Kier molecular flexibility index (Phi) is 5.19. The number of hydrogen-bond acceptors (Lipinski definition) is 4. The van der Waals surface area contributed by atoms with E-state index >= 15 is 0 Å². The molecular weight excluding hydrogens is 278 g/mol. The summed E-state index contributed by atoms with van der Waals surface area (Å²) in [6, 6.07) is 3.58. The van der Waals surface area contributed by atoms with Crippen LogP contribution in [0.1, 0.15) is 5.69 Å². The molecule has 112 valence electrons. The summed E-state index contributed by atoms with van der Waals surface area (Å²) in [5, 5.41) is 8.98. The quantitative estimate of drug-likeness (QED) is 0.797. The summed E-state index contributed by atoms with van der Waals surface area (Å²) < 4.78 is 32.5. The molecule has 0 amide bonds. The van der Waals surface area contributed by atoms with E-state index in [2.05, 4.69) is 11.6 Å². The zero-order chi connectivity index (χ0) is 15.2. The van der Waals surface area contributed by atoms with Crippen LogP contribution in [0.5, 0.6) is 0 Å². The molecule has 0 bridgehead atoms. The third kappa shape index (κ3) is 3.74. The molecule has 1 aromatic carbocycles. The number of benzene rings is 1. The maximum atomic E-state index is 13.7. The van der Waals surface area contributed by atoms with Gasteiger partial charge in [-0.2, -0.15) is 0 Å². The SMILES string of the molecule is C=CCN(CCO)Cc1coc(-c2c(F)cccc2F)n1. The molecule has 0 unspecified atom stereocenters. The van der Waals surface area contributed by atoms with Crippen LogP contribution in [0.15, 0.2) is 41.5 Å². The number of oxazole rings is 1. The molecule has 0 spiro atoms. The zero-order valence-electron chi connectivity index (χ0n) is 11.4. The second-order valence-corrected chi connectivity index (χ2v) is 4.49. The Morgan fingerprint density at radius 2 is 2.05 bits per heavy atom. The van der Waals surface area contributed by atoms with Crippen LogP contribution in [0, 0.1) is 11.6 Å². The van der Waals surface area contributed by atoms with Gasteiger partial charge in [-0.25, -0.2) is 13.8 Å². The van der Waals surface area contributed by atoms with Crippen molar-refractivity contribution in [1.82, 2.24) is 9.88 Å². The van der Waals surface area contributed by atoms with Gasteiger partial charge >= 0.3 is 0 Å². The summed E-state index contributed by atoms with van der Waals surface area (Å²) in [5.74, 6) is -1.54. The van der Waals surface area contributed by atoms with Crippen LogP contribution in [0.3, 0.4) is 0 Å². The van der Waals surface area contributed by atoms with Crippen molar-refractivity contribution in [2.75, 3.05) is 19.7 Å². The Hall–Kier alpha value is -2.05. The maximum Gasteiger partial charge on any atom is 0.232 e. The van der Waals surface area contributed by atoms with Crippen LogP contribution in [-0.4, -0.2) is 34.7 Å². The number of nitrogens with zero attached hydrogens (tertiary/aromatic N) is 2. The monoisotopic (exact) mass is 294 g/mol. The van der Waals surface area contributed by atoms with Crippen LogP contribution >= 0.6 is 0 Å². The molecule has 0 saturated heterocycles. The number of aliphatic hydroxyl groups excluding tert-OH is 1. The van der Waals surface area contributed by atoms with Crippen LogP contribution in [0.25, 0.3) is 11.5 Å². The summed E-state index contributed by atoms with van der Waals surface area (Å²) in [6.45, 7) is 5.04. The summed E-state index contributed by atoms with van der Waals surface area (Å²) in [7, 11) is 0. The van der Waals surface area contributed by atoms with E-state index in [0.717, 1.165) is 12.1 Å². The van der Waals surface area contributed by atoms with E-state index in [0.29, 0.717) is 25.3 Å². The van der Waals surface area contributed by atoms with Gasteiger partial charge in [0.15, 0.2) is 0 Å². The molecule has 0 atom stereocenters. The predicted octanol–water partition coefficient (Wildman–Crippen LogP) is 2.60. The molecule has 0 radical (unpaired) electrons. The van der Waals surface area contributed by atoms with Gasteiger partial charge in [-0.05, 0) is 12.1 Å². The lowest BCUT2D eigenvalue weighted by Crippen LogP contribution is -2.26. The molecule has 0 aliphatic rings. The standard InChI is InChI=1S/C15H16F2N2O2/c1-2-6-19(7-8-20)9-11-10-21-15(18-11)14-12(16)4-3-5-13(14)17/h2-5,10,20H,1,6-9H2. The van der Waals surface area contributed by atoms with Gasteiger partial charge in [-0.1, -0.05) is 12.1 Å². The van der Waals surface area contributed by atoms with E-state index in [1.165, 1.54) is 12.3 Å². The summed E-state index contributed by atoms with van der Waals surface area (Å²) in [6.07, 6.45) is 3.06. The molecule has 0 aliphatic carbocycles. The van der Waals surface area contributed by atoms with Crippen molar-refractivity contribution in [2.24, 2.45) is 0 Å². The first-order valence-electron chi connectivity index (χ1n) is 6.48. The van der Waals surface area contributed by atoms with E-state index in [9.17, 15) is 8.78 Å². The maximum absolute atomic E-state index is 13.7. The third-order valence-corrected chi connectivity index (χ3v) is 2.92. The van der Waals surface area contributed by atoms with E-state index in [-0.39, 0.29) is 18.1 Å². The molecule has 21 heavy (non-hydrogen) atoms. The van der Waals surface area contributed by atoms with Gasteiger partial charge in [0.2, 0.25) is 5.89 Å². The molecule has 1 heterocycles. The van der Waals surface area contributed by atoms with Crippen LogP contribution in [0.2, 0.25) is 0 Å². The second-order valence-electron chi connectivity index (χ2n) is 4.49. The molecule has 2 rings (SSSR count). The lowest BCUT2D eigenvalue weighted by molar-refractivity contribution is 0.202.